The van der Waals surface area contributed by atoms with E-state index in [0.717, 1.165) is 18.7 Å². The van der Waals surface area contributed by atoms with Crippen LogP contribution in [0.2, 0.25) is 0 Å². The van der Waals surface area contributed by atoms with Crippen molar-refractivity contribution in [3.05, 3.63) is 41.9 Å². The quantitative estimate of drug-likeness (QED) is 0.821. The smallest absolute Gasteiger partial charge is 0.292 e. The molecule has 1 saturated heterocycles. The van der Waals surface area contributed by atoms with Crippen molar-refractivity contribution in [2.24, 2.45) is 5.92 Å². The summed E-state index contributed by atoms with van der Waals surface area (Å²) in [4.78, 5) is 29.0. The normalized spacial score (nSPS) is 20.4. The third-order valence-electron chi connectivity index (χ3n) is 5.14. The number of hydrogen-bond acceptors (Lipinski definition) is 4. The molecule has 0 unspecified atom stereocenters. The number of benzene rings is 1. The Morgan fingerprint density at radius 1 is 1.04 bits per heavy atom. The van der Waals surface area contributed by atoms with Gasteiger partial charge >= 0.3 is 0 Å². The number of anilines is 1. The molecule has 3 aliphatic heterocycles. The number of carbonyl (C=O) groups is 2. The largest absolute Gasteiger partial charge is 0.494 e. The van der Waals surface area contributed by atoms with Crippen molar-refractivity contribution < 1.29 is 19.1 Å². The number of para-hydroxylation sites is 1. The van der Waals surface area contributed by atoms with E-state index in [9.17, 15) is 9.59 Å². The minimum absolute atomic E-state index is 0.0206. The Kier molecular flexibility index (Phi) is 4.34. The fourth-order valence-corrected chi connectivity index (χ4v) is 3.75. The minimum Gasteiger partial charge on any atom is -0.494 e. The van der Waals surface area contributed by atoms with E-state index >= 15 is 0 Å². The van der Waals surface area contributed by atoms with Gasteiger partial charge in [0.2, 0.25) is 11.7 Å². The summed E-state index contributed by atoms with van der Waals surface area (Å²) >= 11 is 0. The van der Waals surface area contributed by atoms with Gasteiger partial charge in [0.25, 0.3) is 5.91 Å². The van der Waals surface area contributed by atoms with E-state index in [-0.39, 0.29) is 23.5 Å². The molecule has 1 aromatic carbocycles. The molecule has 0 atom stereocenters. The molecule has 1 fully saturated rings. The number of rotatable bonds is 2. The summed E-state index contributed by atoms with van der Waals surface area (Å²) in [6.45, 7) is 2.79. The second-order valence-electron chi connectivity index (χ2n) is 6.64. The predicted molar refractivity (Wildman–Crippen MR) is 91.8 cm³/mol. The molecular formula is C19H22N2O4. The van der Waals surface area contributed by atoms with Gasteiger partial charge in [-0.15, -0.1) is 0 Å². The summed E-state index contributed by atoms with van der Waals surface area (Å²) in [5.41, 5.74) is 2.29. The van der Waals surface area contributed by atoms with E-state index in [0.29, 0.717) is 39.1 Å². The van der Waals surface area contributed by atoms with Crippen molar-refractivity contribution in [1.82, 2.24) is 4.90 Å². The van der Waals surface area contributed by atoms with Crippen molar-refractivity contribution in [2.45, 2.75) is 19.3 Å². The standard InChI is InChI=1S/C19H22N2O4/c22-18(21-10-7-14-3-1-2-4-16(14)21)15-5-8-20(9-6-15)19(23)17-13-24-11-12-25-17/h1-4,13,15H,5-12H2. The molecule has 0 aliphatic carbocycles. The number of nitrogens with zero attached hydrogens (tertiary/aromatic N) is 2. The van der Waals surface area contributed by atoms with Gasteiger partial charge in [0.15, 0.2) is 0 Å². The van der Waals surface area contributed by atoms with Crippen LogP contribution in [-0.4, -0.2) is 49.6 Å². The van der Waals surface area contributed by atoms with Gasteiger partial charge in [-0.25, -0.2) is 0 Å². The van der Waals surface area contributed by atoms with Crippen molar-refractivity contribution in [1.29, 1.82) is 0 Å². The number of ether oxygens (including phenoxy) is 2. The highest BCUT2D eigenvalue weighted by molar-refractivity contribution is 5.97. The SMILES string of the molecule is O=C(C1=COCCO1)N1CCC(C(=O)N2CCc3ccccc32)CC1. The lowest BCUT2D eigenvalue weighted by atomic mass is 9.95. The Bertz CT molecular complexity index is 707. The Labute approximate surface area is 147 Å². The highest BCUT2D eigenvalue weighted by Gasteiger charge is 2.34. The van der Waals surface area contributed by atoms with Crippen molar-refractivity contribution in [3.63, 3.8) is 0 Å². The second kappa shape index (κ2) is 6.78. The molecule has 0 spiro atoms. The average molecular weight is 342 g/mol. The highest BCUT2D eigenvalue weighted by atomic mass is 16.6. The molecule has 2 amide bonds. The van der Waals surface area contributed by atoms with Gasteiger partial charge in [0.1, 0.15) is 19.5 Å². The summed E-state index contributed by atoms with van der Waals surface area (Å²) in [5, 5.41) is 0. The van der Waals surface area contributed by atoms with Gasteiger partial charge in [0.05, 0.1) is 0 Å². The Balaban J connectivity index is 1.37. The first kappa shape index (κ1) is 16.0. The van der Waals surface area contributed by atoms with E-state index in [1.54, 1.807) is 4.90 Å². The molecule has 1 aromatic rings. The van der Waals surface area contributed by atoms with E-state index < -0.39 is 0 Å². The summed E-state index contributed by atoms with van der Waals surface area (Å²) in [6.07, 6.45) is 3.70. The van der Waals surface area contributed by atoms with Gasteiger partial charge in [-0.2, -0.15) is 0 Å². The van der Waals surface area contributed by atoms with Gasteiger partial charge in [-0.1, -0.05) is 18.2 Å². The molecule has 4 rings (SSSR count). The number of hydrogen-bond donors (Lipinski definition) is 0. The molecule has 3 heterocycles. The molecule has 0 bridgehead atoms. The average Bonchev–Trinajstić information content (AvgIpc) is 3.12. The van der Waals surface area contributed by atoms with Crippen LogP contribution in [0.5, 0.6) is 0 Å². The van der Waals surface area contributed by atoms with Crippen LogP contribution in [0.4, 0.5) is 5.69 Å². The summed E-state index contributed by atoms with van der Waals surface area (Å²) in [6, 6.07) is 8.10. The van der Waals surface area contributed by atoms with Gasteiger partial charge < -0.3 is 19.3 Å². The van der Waals surface area contributed by atoms with Crippen LogP contribution in [0.15, 0.2) is 36.3 Å². The van der Waals surface area contributed by atoms with Crippen LogP contribution in [0.1, 0.15) is 18.4 Å². The maximum absolute atomic E-state index is 12.9. The van der Waals surface area contributed by atoms with Crippen LogP contribution in [0.25, 0.3) is 0 Å². The summed E-state index contributed by atoms with van der Waals surface area (Å²) < 4.78 is 10.5. The monoisotopic (exact) mass is 342 g/mol. The minimum atomic E-state index is -0.142. The van der Waals surface area contributed by atoms with E-state index in [4.69, 9.17) is 9.47 Å². The Morgan fingerprint density at radius 3 is 2.60 bits per heavy atom. The van der Waals surface area contributed by atoms with Crippen LogP contribution < -0.4 is 4.90 Å². The Hall–Kier alpha value is -2.50. The molecule has 0 N–H and O–H groups in total. The first-order valence-electron chi connectivity index (χ1n) is 8.87. The lowest BCUT2D eigenvalue weighted by molar-refractivity contribution is -0.135. The van der Waals surface area contributed by atoms with Crippen molar-refractivity contribution >= 4 is 17.5 Å². The topological polar surface area (TPSA) is 59.1 Å². The van der Waals surface area contributed by atoms with Gasteiger partial charge in [0, 0.05) is 31.2 Å². The van der Waals surface area contributed by atoms with E-state index in [1.165, 1.54) is 11.8 Å². The van der Waals surface area contributed by atoms with Crippen molar-refractivity contribution in [2.75, 3.05) is 37.7 Å². The molecule has 3 aliphatic rings. The molecule has 6 nitrogen and oxygen atoms in total. The fraction of sp³-hybridized carbons (Fsp3) is 0.474. The lowest BCUT2D eigenvalue weighted by Gasteiger charge is -2.33. The first-order chi connectivity index (χ1) is 12.2. The van der Waals surface area contributed by atoms with Crippen LogP contribution in [0, 0.1) is 5.92 Å². The number of carbonyl (C=O) groups excluding carboxylic acids is 2. The molecule has 132 valence electrons. The molecule has 0 aromatic heterocycles. The van der Waals surface area contributed by atoms with Gasteiger partial charge in [-0.05, 0) is 30.9 Å². The maximum atomic E-state index is 12.9. The number of amides is 2. The van der Waals surface area contributed by atoms with Crippen LogP contribution >= 0.6 is 0 Å². The maximum Gasteiger partial charge on any atom is 0.292 e. The molecule has 0 radical (unpaired) electrons. The number of fused-ring (bicyclic) bond motifs is 1. The first-order valence-corrected chi connectivity index (χ1v) is 8.87. The van der Waals surface area contributed by atoms with E-state index in [1.807, 2.05) is 23.1 Å². The molecule has 0 saturated carbocycles. The Morgan fingerprint density at radius 2 is 1.84 bits per heavy atom. The lowest BCUT2D eigenvalue weighted by Crippen LogP contribution is -2.45. The number of likely N-dealkylation sites (tertiary alicyclic amines) is 1. The number of piperidine rings is 1. The summed E-state index contributed by atoms with van der Waals surface area (Å²) in [5.74, 6) is 0.294. The van der Waals surface area contributed by atoms with Gasteiger partial charge in [-0.3, -0.25) is 9.59 Å². The van der Waals surface area contributed by atoms with Crippen molar-refractivity contribution in [3.8, 4) is 0 Å². The highest BCUT2D eigenvalue weighted by Crippen LogP contribution is 2.31. The third-order valence-corrected chi connectivity index (χ3v) is 5.14. The van der Waals surface area contributed by atoms with E-state index in [2.05, 4.69) is 6.07 Å². The third kappa shape index (κ3) is 3.08. The zero-order chi connectivity index (χ0) is 17.2. The molecular weight excluding hydrogens is 320 g/mol. The van der Waals surface area contributed by atoms with Crippen LogP contribution in [-0.2, 0) is 25.5 Å². The molecule has 25 heavy (non-hydrogen) atoms. The fourth-order valence-electron chi connectivity index (χ4n) is 3.75. The zero-order valence-electron chi connectivity index (χ0n) is 14.1. The predicted octanol–water partition coefficient (Wildman–Crippen LogP) is 1.70. The zero-order valence-corrected chi connectivity index (χ0v) is 14.1. The second-order valence-corrected chi connectivity index (χ2v) is 6.64. The van der Waals surface area contributed by atoms with Crippen LogP contribution in [0.3, 0.4) is 0 Å². The summed E-state index contributed by atoms with van der Waals surface area (Å²) in [7, 11) is 0. The molecule has 6 heteroatoms.